The number of fused-ring (bicyclic) bond motifs is 1. The first-order valence-corrected chi connectivity index (χ1v) is 8.63. The number of aryl methyl sites for hydroxylation is 2. The lowest BCUT2D eigenvalue weighted by Gasteiger charge is -2.21. The standard InChI is InChI=1S/C15H15F2N5O2S/c1-7-18-13(24-20-7)9-4-3-5-22(9)14(23)10-6-8-11(12(16)17)19-21(2)15(8)25-10/h6,9,12H,3-5H2,1-2H3. The van der Waals surface area contributed by atoms with Gasteiger partial charge in [-0.05, 0) is 25.8 Å². The van der Waals surface area contributed by atoms with Crippen LogP contribution in [0.4, 0.5) is 8.78 Å². The summed E-state index contributed by atoms with van der Waals surface area (Å²) in [6.45, 7) is 2.29. The van der Waals surface area contributed by atoms with Crippen molar-refractivity contribution >= 4 is 27.5 Å². The highest BCUT2D eigenvalue weighted by molar-refractivity contribution is 7.20. The molecule has 25 heavy (non-hydrogen) atoms. The first-order valence-electron chi connectivity index (χ1n) is 7.81. The molecule has 1 aliphatic heterocycles. The zero-order valence-corrected chi connectivity index (χ0v) is 14.4. The molecule has 4 rings (SSSR count). The molecule has 3 aromatic rings. The van der Waals surface area contributed by atoms with Gasteiger partial charge in [0.25, 0.3) is 12.3 Å². The molecule has 0 N–H and O–H groups in total. The predicted molar refractivity (Wildman–Crippen MR) is 85.6 cm³/mol. The molecule has 0 bridgehead atoms. The summed E-state index contributed by atoms with van der Waals surface area (Å²) in [6.07, 6.45) is -1.11. The average Bonchev–Trinajstić information content (AvgIpc) is 3.31. The maximum atomic E-state index is 13.1. The molecule has 3 aromatic heterocycles. The molecule has 0 saturated carbocycles. The van der Waals surface area contributed by atoms with Crippen molar-refractivity contribution in [1.29, 1.82) is 0 Å². The van der Waals surface area contributed by atoms with Gasteiger partial charge in [0, 0.05) is 19.0 Å². The Morgan fingerprint density at radius 3 is 2.96 bits per heavy atom. The van der Waals surface area contributed by atoms with Crippen LogP contribution in [0.3, 0.4) is 0 Å². The molecule has 0 aliphatic carbocycles. The molecule has 10 heteroatoms. The Morgan fingerprint density at radius 2 is 2.28 bits per heavy atom. The highest BCUT2D eigenvalue weighted by Gasteiger charge is 2.35. The van der Waals surface area contributed by atoms with E-state index in [-0.39, 0.29) is 17.6 Å². The number of carbonyl (C=O) groups is 1. The fraction of sp³-hybridized carbons (Fsp3) is 0.467. The monoisotopic (exact) mass is 367 g/mol. The molecule has 1 atom stereocenters. The normalized spacial score (nSPS) is 18.0. The van der Waals surface area contributed by atoms with Crippen LogP contribution in [0.5, 0.6) is 0 Å². The molecule has 7 nitrogen and oxygen atoms in total. The van der Waals surface area contributed by atoms with Crippen molar-refractivity contribution in [2.24, 2.45) is 7.05 Å². The van der Waals surface area contributed by atoms with Gasteiger partial charge in [-0.15, -0.1) is 11.3 Å². The largest absolute Gasteiger partial charge is 0.337 e. The molecule has 1 amide bonds. The summed E-state index contributed by atoms with van der Waals surface area (Å²) in [5.74, 6) is 0.725. The zero-order valence-electron chi connectivity index (χ0n) is 13.6. The van der Waals surface area contributed by atoms with Crippen molar-refractivity contribution in [3.05, 3.63) is 28.4 Å². The van der Waals surface area contributed by atoms with Gasteiger partial charge in [0.1, 0.15) is 16.6 Å². The number of alkyl halides is 2. The third-order valence-electron chi connectivity index (χ3n) is 4.30. The van der Waals surface area contributed by atoms with E-state index in [1.165, 1.54) is 22.1 Å². The molecule has 0 spiro atoms. The number of nitrogens with zero attached hydrogens (tertiary/aromatic N) is 5. The number of amides is 1. The number of thiophene rings is 1. The molecular weight excluding hydrogens is 352 g/mol. The van der Waals surface area contributed by atoms with Crippen molar-refractivity contribution in [3.8, 4) is 0 Å². The Kier molecular flexibility index (Phi) is 3.78. The number of rotatable bonds is 3. The lowest BCUT2D eigenvalue weighted by Crippen LogP contribution is -2.30. The minimum Gasteiger partial charge on any atom is -0.337 e. The minimum absolute atomic E-state index is 0.209. The summed E-state index contributed by atoms with van der Waals surface area (Å²) in [5, 5.41) is 7.94. The number of hydrogen-bond donors (Lipinski definition) is 0. The van der Waals surface area contributed by atoms with E-state index in [0.29, 0.717) is 33.4 Å². The summed E-state index contributed by atoms with van der Waals surface area (Å²) >= 11 is 1.17. The average molecular weight is 367 g/mol. The van der Waals surface area contributed by atoms with E-state index >= 15 is 0 Å². The van der Waals surface area contributed by atoms with E-state index in [0.717, 1.165) is 12.8 Å². The third kappa shape index (κ3) is 2.60. The lowest BCUT2D eigenvalue weighted by molar-refractivity contribution is 0.0715. The van der Waals surface area contributed by atoms with Crippen LogP contribution in [-0.4, -0.2) is 37.3 Å². The van der Waals surface area contributed by atoms with E-state index < -0.39 is 6.43 Å². The third-order valence-corrected chi connectivity index (χ3v) is 5.49. The number of likely N-dealkylation sites (tertiary alicyclic amines) is 1. The second kappa shape index (κ2) is 5.87. The van der Waals surface area contributed by atoms with E-state index in [9.17, 15) is 13.6 Å². The first kappa shape index (κ1) is 16.1. The first-order chi connectivity index (χ1) is 12.0. The smallest absolute Gasteiger partial charge is 0.282 e. The van der Waals surface area contributed by atoms with Crippen molar-refractivity contribution in [1.82, 2.24) is 24.8 Å². The maximum absolute atomic E-state index is 13.1. The summed E-state index contributed by atoms with van der Waals surface area (Å²) in [6, 6.07) is 1.23. The van der Waals surface area contributed by atoms with Crippen LogP contribution in [0.2, 0.25) is 0 Å². The van der Waals surface area contributed by atoms with Crippen LogP contribution in [-0.2, 0) is 7.05 Å². The van der Waals surface area contributed by atoms with Gasteiger partial charge in [0.15, 0.2) is 5.82 Å². The molecule has 1 saturated heterocycles. The van der Waals surface area contributed by atoms with Gasteiger partial charge in [-0.1, -0.05) is 5.16 Å². The van der Waals surface area contributed by atoms with Gasteiger partial charge in [-0.25, -0.2) is 8.78 Å². The van der Waals surface area contributed by atoms with E-state index in [1.807, 2.05) is 0 Å². The second-order valence-corrected chi connectivity index (χ2v) is 7.01. The predicted octanol–water partition coefficient (Wildman–Crippen LogP) is 3.24. The number of hydrogen-bond acceptors (Lipinski definition) is 6. The summed E-state index contributed by atoms with van der Waals surface area (Å²) in [7, 11) is 1.60. The second-order valence-electron chi connectivity index (χ2n) is 5.98. The van der Waals surface area contributed by atoms with E-state index in [2.05, 4.69) is 15.2 Å². The topological polar surface area (TPSA) is 77.0 Å². The molecular formula is C15H15F2N5O2S. The molecule has 1 fully saturated rings. The summed E-state index contributed by atoms with van der Waals surface area (Å²) in [5.41, 5.74) is -0.293. The van der Waals surface area contributed by atoms with E-state index in [4.69, 9.17) is 4.52 Å². The molecule has 132 valence electrons. The SMILES string of the molecule is Cc1noc(C2CCCN2C(=O)c2cc3c(C(F)F)nn(C)c3s2)n1. The van der Waals surface area contributed by atoms with Crippen molar-refractivity contribution in [2.45, 2.75) is 32.2 Å². The molecule has 0 aromatic carbocycles. The van der Waals surface area contributed by atoms with Gasteiger partial charge < -0.3 is 9.42 Å². The number of carbonyl (C=O) groups excluding carboxylic acids is 1. The summed E-state index contributed by atoms with van der Waals surface area (Å²) < 4.78 is 32.8. The Balaban J connectivity index is 1.68. The fourth-order valence-corrected chi connectivity index (χ4v) is 4.23. The van der Waals surface area contributed by atoms with Crippen LogP contribution < -0.4 is 0 Å². The fourth-order valence-electron chi connectivity index (χ4n) is 3.19. The zero-order chi connectivity index (χ0) is 17.7. The van der Waals surface area contributed by atoms with Crippen LogP contribution in [0.1, 0.15) is 52.4 Å². The molecule has 1 unspecified atom stereocenters. The molecule has 1 aliphatic rings. The Morgan fingerprint density at radius 1 is 1.48 bits per heavy atom. The van der Waals surface area contributed by atoms with Crippen molar-refractivity contribution in [3.63, 3.8) is 0 Å². The Bertz CT molecular complexity index is 947. The summed E-state index contributed by atoms with van der Waals surface area (Å²) in [4.78, 5) is 19.8. The lowest BCUT2D eigenvalue weighted by atomic mass is 10.2. The van der Waals surface area contributed by atoms with Crippen LogP contribution in [0.15, 0.2) is 10.6 Å². The molecule has 0 radical (unpaired) electrons. The maximum Gasteiger partial charge on any atom is 0.282 e. The van der Waals surface area contributed by atoms with Gasteiger partial charge in [-0.3, -0.25) is 9.48 Å². The number of halogens is 2. The van der Waals surface area contributed by atoms with Crippen LogP contribution in [0, 0.1) is 6.92 Å². The van der Waals surface area contributed by atoms with Crippen LogP contribution >= 0.6 is 11.3 Å². The Hall–Kier alpha value is -2.36. The van der Waals surface area contributed by atoms with Crippen LogP contribution in [0.25, 0.3) is 10.2 Å². The van der Waals surface area contributed by atoms with E-state index in [1.54, 1.807) is 18.9 Å². The van der Waals surface area contributed by atoms with Gasteiger partial charge in [0.05, 0.1) is 4.88 Å². The number of aromatic nitrogens is 4. The van der Waals surface area contributed by atoms with Crippen molar-refractivity contribution in [2.75, 3.05) is 6.54 Å². The van der Waals surface area contributed by atoms with Crippen molar-refractivity contribution < 1.29 is 18.1 Å². The highest BCUT2D eigenvalue weighted by Crippen LogP contribution is 2.37. The Labute approximate surface area is 145 Å². The van der Waals surface area contributed by atoms with Gasteiger partial charge in [-0.2, -0.15) is 10.1 Å². The van der Waals surface area contributed by atoms with Gasteiger partial charge in [0.2, 0.25) is 5.89 Å². The quantitative estimate of drug-likeness (QED) is 0.710. The highest BCUT2D eigenvalue weighted by atomic mass is 32.1. The minimum atomic E-state index is -2.68. The molecule has 4 heterocycles. The van der Waals surface area contributed by atoms with Gasteiger partial charge >= 0.3 is 0 Å².